The summed E-state index contributed by atoms with van der Waals surface area (Å²) < 4.78 is 0. The molecule has 0 radical (unpaired) electrons. The van der Waals surface area contributed by atoms with Gasteiger partial charge in [-0.25, -0.2) is 0 Å². The molecule has 0 saturated carbocycles. The number of nitrogens with zero attached hydrogens (tertiary/aromatic N) is 1. The van der Waals surface area contributed by atoms with E-state index in [2.05, 4.69) is 23.5 Å². The van der Waals surface area contributed by atoms with E-state index < -0.39 is 0 Å². The number of benzene rings is 3. The van der Waals surface area contributed by atoms with Crippen molar-refractivity contribution in [3.63, 3.8) is 0 Å². The molecule has 154 valence electrons. The summed E-state index contributed by atoms with van der Waals surface area (Å²) in [5.41, 5.74) is 1.93. The Bertz CT molecular complexity index is 1060. The largest absolute Gasteiger partial charge is 0.352 e. The fraction of sp³-hybridized carbons (Fsp3) is 0.280. The summed E-state index contributed by atoms with van der Waals surface area (Å²) in [7, 11) is 0. The van der Waals surface area contributed by atoms with E-state index in [9.17, 15) is 9.59 Å². The lowest BCUT2D eigenvalue weighted by atomic mass is 9.95. The highest BCUT2D eigenvalue weighted by atomic mass is 35.5. The van der Waals surface area contributed by atoms with E-state index in [0.29, 0.717) is 31.1 Å². The lowest BCUT2D eigenvalue weighted by Gasteiger charge is -2.32. The summed E-state index contributed by atoms with van der Waals surface area (Å²) >= 11 is 6.17. The van der Waals surface area contributed by atoms with E-state index in [1.54, 1.807) is 0 Å². The minimum atomic E-state index is -0.183. The third-order valence-corrected chi connectivity index (χ3v) is 6.15. The molecule has 1 fully saturated rings. The topological polar surface area (TPSA) is 49.4 Å². The van der Waals surface area contributed by atoms with Crippen molar-refractivity contribution in [2.75, 3.05) is 13.1 Å². The number of hydrogen-bond acceptors (Lipinski definition) is 2. The highest BCUT2D eigenvalue weighted by molar-refractivity contribution is 6.31. The van der Waals surface area contributed by atoms with Gasteiger partial charge in [-0.05, 0) is 40.8 Å². The molecule has 0 aromatic heterocycles. The Kier molecular flexibility index (Phi) is 6.34. The lowest BCUT2D eigenvalue weighted by Crippen LogP contribution is -2.45. The minimum absolute atomic E-state index is 0.0161. The molecule has 4 rings (SSSR count). The van der Waals surface area contributed by atoms with Crippen molar-refractivity contribution in [3.8, 4) is 0 Å². The predicted octanol–water partition coefficient (Wildman–Crippen LogP) is 4.59. The number of halogens is 1. The van der Waals surface area contributed by atoms with Crippen molar-refractivity contribution >= 4 is 34.2 Å². The zero-order valence-corrected chi connectivity index (χ0v) is 17.6. The molecule has 30 heavy (non-hydrogen) atoms. The highest BCUT2D eigenvalue weighted by Gasteiger charge is 2.28. The second-order valence-electron chi connectivity index (χ2n) is 7.80. The number of nitrogens with one attached hydrogen (secondary N) is 1. The van der Waals surface area contributed by atoms with Crippen LogP contribution in [0.2, 0.25) is 5.02 Å². The fourth-order valence-electron chi connectivity index (χ4n) is 4.11. The maximum absolute atomic E-state index is 13.0. The zero-order valence-electron chi connectivity index (χ0n) is 16.8. The van der Waals surface area contributed by atoms with Gasteiger partial charge in [0.25, 0.3) is 0 Å². The summed E-state index contributed by atoms with van der Waals surface area (Å²) in [6, 6.07) is 21.7. The van der Waals surface area contributed by atoms with E-state index in [1.807, 2.05) is 53.4 Å². The summed E-state index contributed by atoms with van der Waals surface area (Å²) in [5.74, 6) is -0.120. The third kappa shape index (κ3) is 4.65. The van der Waals surface area contributed by atoms with Crippen molar-refractivity contribution < 1.29 is 9.59 Å². The van der Waals surface area contributed by atoms with Crippen LogP contribution in [0.1, 0.15) is 24.0 Å². The number of likely N-dealkylation sites (tertiary alicyclic amines) is 1. The molecule has 3 aromatic rings. The Labute approximate surface area is 181 Å². The molecule has 2 amide bonds. The first-order chi connectivity index (χ1) is 14.6. The van der Waals surface area contributed by atoms with Gasteiger partial charge in [0.2, 0.25) is 11.8 Å². The Hall–Kier alpha value is -2.85. The van der Waals surface area contributed by atoms with E-state index in [1.165, 1.54) is 0 Å². The van der Waals surface area contributed by atoms with Gasteiger partial charge < -0.3 is 10.2 Å². The van der Waals surface area contributed by atoms with Gasteiger partial charge in [-0.15, -0.1) is 0 Å². The van der Waals surface area contributed by atoms with Crippen molar-refractivity contribution in [1.82, 2.24) is 10.2 Å². The predicted molar refractivity (Wildman–Crippen MR) is 120 cm³/mol. The van der Waals surface area contributed by atoms with E-state index in [-0.39, 0.29) is 17.7 Å². The van der Waals surface area contributed by atoms with Crippen molar-refractivity contribution in [3.05, 3.63) is 82.9 Å². The first-order valence-corrected chi connectivity index (χ1v) is 10.7. The Balaban J connectivity index is 1.37. The molecule has 1 aliphatic heterocycles. The first-order valence-electron chi connectivity index (χ1n) is 10.4. The molecule has 0 spiro atoms. The van der Waals surface area contributed by atoms with Crippen LogP contribution >= 0.6 is 11.6 Å². The summed E-state index contributed by atoms with van der Waals surface area (Å²) in [6.07, 6.45) is 1.99. The zero-order chi connectivity index (χ0) is 20.9. The van der Waals surface area contributed by atoms with Gasteiger partial charge in [0.1, 0.15) is 0 Å². The molecule has 1 aliphatic rings. The molecule has 3 aromatic carbocycles. The van der Waals surface area contributed by atoms with Crippen LogP contribution in [0.15, 0.2) is 66.7 Å². The molecule has 0 bridgehead atoms. The standard InChI is InChI=1S/C25H25ClN2O2/c26-23-13-4-2-8-20(23)16-27-25(30)21-11-6-14-28(17-21)24(29)15-19-10-5-9-18-7-1-3-12-22(18)19/h1-5,7-10,12-13,21H,6,11,14-17H2,(H,27,30)/t21-/m1/s1. The SMILES string of the molecule is O=C(NCc1ccccc1Cl)[C@@H]1CCCN(C(=O)Cc2cccc3ccccc23)C1. The Morgan fingerprint density at radius 3 is 2.57 bits per heavy atom. The summed E-state index contributed by atoms with van der Waals surface area (Å²) in [5, 5.41) is 5.88. The van der Waals surface area contributed by atoms with Gasteiger partial charge in [0, 0.05) is 24.7 Å². The number of piperidine rings is 1. The molecular formula is C25H25ClN2O2. The van der Waals surface area contributed by atoms with Crippen molar-refractivity contribution in [2.24, 2.45) is 5.92 Å². The molecule has 0 unspecified atom stereocenters. The van der Waals surface area contributed by atoms with Crippen LogP contribution in [0.3, 0.4) is 0 Å². The van der Waals surface area contributed by atoms with E-state index in [0.717, 1.165) is 34.7 Å². The number of carbonyl (C=O) groups excluding carboxylic acids is 2. The van der Waals surface area contributed by atoms with Crippen LogP contribution in [0.25, 0.3) is 10.8 Å². The number of amides is 2. The second kappa shape index (κ2) is 9.31. The first kappa shape index (κ1) is 20.4. The number of carbonyl (C=O) groups is 2. The summed E-state index contributed by atoms with van der Waals surface area (Å²) in [6.45, 7) is 1.58. The maximum Gasteiger partial charge on any atom is 0.227 e. The molecule has 4 nitrogen and oxygen atoms in total. The van der Waals surface area contributed by atoms with E-state index >= 15 is 0 Å². The maximum atomic E-state index is 13.0. The normalized spacial score (nSPS) is 16.4. The monoisotopic (exact) mass is 420 g/mol. The van der Waals surface area contributed by atoms with Crippen molar-refractivity contribution in [1.29, 1.82) is 0 Å². The molecule has 1 saturated heterocycles. The lowest BCUT2D eigenvalue weighted by molar-refractivity contribution is -0.135. The molecule has 1 N–H and O–H groups in total. The summed E-state index contributed by atoms with van der Waals surface area (Å²) in [4.78, 5) is 27.5. The van der Waals surface area contributed by atoms with Crippen LogP contribution in [-0.2, 0) is 22.6 Å². The van der Waals surface area contributed by atoms with Crippen LogP contribution in [0.4, 0.5) is 0 Å². The molecule has 0 aliphatic carbocycles. The van der Waals surface area contributed by atoms with Gasteiger partial charge in [0.05, 0.1) is 12.3 Å². The van der Waals surface area contributed by atoms with Crippen molar-refractivity contribution in [2.45, 2.75) is 25.8 Å². The van der Waals surface area contributed by atoms with E-state index in [4.69, 9.17) is 11.6 Å². The quantitative estimate of drug-likeness (QED) is 0.656. The van der Waals surface area contributed by atoms with Crippen LogP contribution in [-0.4, -0.2) is 29.8 Å². The van der Waals surface area contributed by atoms with Gasteiger partial charge in [-0.2, -0.15) is 0 Å². The average Bonchev–Trinajstić information content (AvgIpc) is 2.78. The third-order valence-electron chi connectivity index (χ3n) is 5.78. The number of fused-ring (bicyclic) bond motifs is 1. The number of hydrogen-bond donors (Lipinski definition) is 1. The fourth-order valence-corrected chi connectivity index (χ4v) is 4.31. The van der Waals surface area contributed by atoms with Gasteiger partial charge >= 0.3 is 0 Å². The highest BCUT2D eigenvalue weighted by Crippen LogP contribution is 2.22. The Morgan fingerprint density at radius 1 is 0.967 bits per heavy atom. The smallest absolute Gasteiger partial charge is 0.227 e. The number of rotatable bonds is 5. The minimum Gasteiger partial charge on any atom is -0.352 e. The molecule has 5 heteroatoms. The van der Waals surface area contributed by atoms with Crippen LogP contribution < -0.4 is 5.32 Å². The second-order valence-corrected chi connectivity index (χ2v) is 8.21. The van der Waals surface area contributed by atoms with Gasteiger partial charge in [-0.1, -0.05) is 72.3 Å². The Morgan fingerprint density at radius 2 is 1.70 bits per heavy atom. The van der Waals surface area contributed by atoms with Gasteiger partial charge in [0.15, 0.2) is 0 Å². The molecular weight excluding hydrogens is 396 g/mol. The van der Waals surface area contributed by atoms with Crippen LogP contribution in [0, 0.1) is 5.92 Å². The van der Waals surface area contributed by atoms with Crippen LogP contribution in [0.5, 0.6) is 0 Å². The van der Waals surface area contributed by atoms with Gasteiger partial charge in [-0.3, -0.25) is 9.59 Å². The average molecular weight is 421 g/mol. The molecule has 1 atom stereocenters. The molecule has 1 heterocycles.